The maximum Gasteiger partial charge on any atom is 0.405 e. The van der Waals surface area contributed by atoms with E-state index in [1.807, 2.05) is 0 Å². The fraction of sp³-hybridized carbons (Fsp3) is 0.893. The first-order valence-electron chi connectivity index (χ1n) is 13.9. The van der Waals surface area contributed by atoms with Gasteiger partial charge in [0.1, 0.15) is 5.92 Å². The number of carbonyl (C=O) groups is 2. The highest BCUT2D eigenvalue weighted by Crippen LogP contribution is 2.40. The van der Waals surface area contributed by atoms with Crippen LogP contribution in [0.4, 0.5) is 0 Å². The van der Waals surface area contributed by atoms with Gasteiger partial charge in [-0.2, -0.15) is 0 Å². The van der Waals surface area contributed by atoms with Crippen molar-refractivity contribution in [2.45, 2.75) is 118 Å². The Morgan fingerprint density at radius 1 is 1.14 bits per heavy atom. The van der Waals surface area contributed by atoms with Crippen molar-refractivity contribution in [2.24, 2.45) is 35.0 Å². The van der Waals surface area contributed by atoms with Gasteiger partial charge in [0, 0.05) is 4.90 Å². The number of cyclic esters (lactones) is 1. The molecule has 0 amide bonds. The molecule has 36 heavy (non-hydrogen) atoms. The summed E-state index contributed by atoms with van der Waals surface area (Å²) in [6.45, 7) is 15.0. The molecule has 8 nitrogen and oxygen atoms in total. The van der Waals surface area contributed by atoms with Crippen LogP contribution >= 0.6 is 0 Å². The summed E-state index contributed by atoms with van der Waals surface area (Å²) < 4.78 is 17.1. The zero-order chi connectivity index (χ0) is 26.6. The third kappa shape index (κ3) is 7.14. The van der Waals surface area contributed by atoms with Crippen LogP contribution in [0.15, 0.2) is 0 Å². The van der Waals surface area contributed by atoms with Crippen molar-refractivity contribution in [2.75, 3.05) is 6.61 Å². The van der Waals surface area contributed by atoms with Crippen molar-refractivity contribution in [3.63, 3.8) is 0 Å². The second-order valence-electron chi connectivity index (χ2n) is 12.5. The summed E-state index contributed by atoms with van der Waals surface area (Å²) in [5.74, 6) is -0.349. The van der Waals surface area contributed by atoms with Crippen LogP contribution < -0.4 is 0 Å². The molecule has 0 aromatic carbocycles. The second-order valence-corrected chi connectivity index (χ2v) is 12.5. The zero-order valence-corrected chi connectivity index (χ0v) is 23.3. The van der Waals surface area contributed by atoms with Crippen LogP contribution in [0.2, 0.25) is 0 Å². The lowest BCUT2D eigenvalue weighted by atomic mass is 9.72. The van der Waals surface area contributed by atoms with Gasteiger partial charge in [0.2, 0.25) is 6.29 Å². The molecule has 0 aromatic heterocycles. The van der Waals surface area contributed by atoms with Crippen LogP contribution in [-0.2, 0) is 28.6 Å². The predicted molar refractivity (Wildman–Crippen MR) is 136 cm³/mol. The molecule has 5 atom stereocenters. The molecule has 1 heterocycles. The first-order chi connectivity index (χ1) is 16.9. The first kappa shape index (κ1) is 28.7. The third-order valence-electron chi connectivity index (χ3n) is 8.41. The van der Waals surface area contributed by atoms with Gasteiger partial charge >= 0.3 is 17.7 Å². The number of esters is 2. The van der Waals surface area contributed by atoms with Crippen LogP contribution in [0.5, 0.6) is 0 Å². The maximum absolute atomic E-state index is 13.3. The monoisotopic (exact) mass is 509 g/mol. The Morgan fingerprint density at radius 3 is 2.39 bits per heavy atom. The van der Waals surface area contributed by atoms with Crippen molar-refractivity contribution < 1.29 is 33.5 Å². The molecular formula is C28H47NO7. The van der Waals surface area contributed by atoms with Gasteiger partial charge in [-0.3, -0.25) is 10.0 Å². The summed E-state index contributed by atoms with van der Waals surface area (Å²) in [5, 5.41) is 13.3. The second kappa shape index (κ2) is 12.1. The zero-order valence-electron chi connectivity index (χ0n) is 23.3. The Balaban J connectivity index is 1.80. The minimum absolute atomic E-state index is 0.107. The van der Waals surface area contributed by atoms with Gasteiger partial charge in [-0.15, -0.1) is 0 Å². The molecule has 3 aliphatic rings. The summed E-state index contributed by atoms with van der Waals surface area (Å²) in [5.41, 5.74) is -0.0310. The molecule has 3 fully saturated rings. The molecular weight excluding hydrogens is 462 g/mol. The first-order valence-corrected chi connectivity index (χ1v) is 13.9. The molecule has 2 aliphatic carbocycles. The highest BCUT2D eigenvalue weighted by atomic mass is 16.9. The summed E-state index contributed by atoms with van der Waals surface area (Å²) in [6.07, 6.45) is 4.92. The number of ether oxygens (including phenoxy) is 3. The van der Waals surface area contributed by atoms with Gasteiger partial charge in [0.15, 0.2) is 0 Å². The Hall–Kier alpha value is -1.83. The Kier molecular flexibility index (Phi) is 9.69. The van der Waals surface area contributed by atoms with Gasteiger partial charge in [-0.1, -0.05) is 48.0 Å². The summed E-state index contributed by atoms with van der Waals surface area (Å²) in [4.78, 5) is 31.4. The fourth-order valence-corrected chi connectivity index (χ4v) is 6.12. The molecule has 0 spiro atoms. The third-order valence-corrected chi connectivity index (χ3v) is 8.41. The van der Waals surface area contributed by atoms with Crippen molar-refractivity contribution in [1.29, 1.82) is 0 Å². The van der Waals surface area contributed by atoms with E-state index in [-0.39, 0.29) is 36.4 Å². The number of carbonyl (C=O) groups excluding carboxylic acids is 2. The van der Waals surface area contributed by atoms with E-state index in [2.05, 4.69) is 41.5 Å². The van der Waals surface area contributed by atoms with E-state index in [0.717, 1.165) is 44.9 Å². The molecule has 3 rings (SSSR count). The average molecular weight is 510 g/mol. The molecule has 0 radical (unpaired) electrons. The van der Waals surface area contributed by atoms with Crippen LogP contribution in [-0.4, -0.2) is 47.7 Å². The van der Waals surface area contributed by atoms with Gasteiger partial charge in [-0.05, 0) is 74.5 Å². The van der Waals surface area contributed by atoms with Gasteiger partial charge in [0.25, 0.3) is 0 Å². The van der Waals surface area contributed by atoms with Crippen molar-refractivity contribution in [1.82, 2.24) is 0 Å². The van der Waals surface area contributed by atoms with Gasteiger partial charge in [-0.25, -0.2) is 4.79 Å². The molecule has 206 valence electrons. The summed E-state index contributed by atoms with van der Waals surface area (Å²) >= 11 is 0. The van der Waals surface area contributed by atoms with E-state index in [1.165, 1.54) is 0 Å². The van der Waals surface area contributed by atoms with E-state index in [0.29, 0.717) is 28.6 Å². The van der Waals surface area contributed by atoms with E-state index in [9.17, 15) is 14.8 Å². The van der Waals surface area contributed by atoms with E-state index < -0.39 is 24.1 Å². The largest absolute Gasteiger partial charge is 0.458 e. The maximum atomic E-state index is 13.3. The fourth-order valence-electron chi connectivity index (χ4n) is 6.12. The molecule has 2 saturated carbocycles. The lowest BCUT2D eigenvalue weighted by Gasteiger charge is -2.38. The van der Waals surface area contributed by atoms with Crippen molar-refractivity contribution >= 4 is 17.7 Å². The Morgan fingerprint density at radius 2 is 1.81 bits per heavy atom. The summed E-state index contributed by atoms with van der Waals surface area (Å²) in [6, 6.07) is 0. The predicted octanol–water partition coefficient (Wildman–Crippen LogP) is 5.40. The van der Waals surface area contributed by atoms with E-state index >= 15 is 0 Å². The number of hydrogen-bond acceptors (Lipinski definition) is 7. The standard InChI is InChI=1S/C28H47NO7/c1-8-33-26(31)25(29(32)36-20-12-10-19(11-13-20)28(5,6)7)22-16-24(30)35-27(22)34-23-15-18(4)9-14-21(23)17(2)3/h17-23,27H,8-16H2,1-7H3/b29-25-/t18-,19?,20?,21+,22-,23-,27+/m0/s1. The molecule has 0 unspecified atom stereocenters. The normalized spacial score (nSPS) is 34.2. The minimum Gasteiger partial charge on any atom is -0.458 e. The minimum atomic E-state index is -1.01. The molecule has 1 aliphatic heterocycles. The lowest BCUT2D eigenvalue weighted by Crippen LogP contribution is -2.43. The van der Waals surface area contributed by atoms with Gasteiger partial charge in [0.05, 0.1) is 25.2 Å². The quantitative estimate of drug-likeness (QED) is 0.187. The topological polar surface area (TPSA) is 97.1 Å². The Bertz CT molecular complexity index is 794. The number of rotatable bonds is 8. The molecule has 1 saturated heterocycles. The highest BCUT2D eigenvalue weighted by Gasteiger charge is 2.50. The molecule has 8 heteroatoms. The number of hydrogen-bond donors (Lipinski definition) is 0. The molecule has 0 bridgehead atoms. The SMILES string of the molecule is CCOC(=O)/C([C@@H]1CC(=O)O[C@H]1O[C@H]1C[C@@H](C)CC[C@@H]1C(C)C)=[N+](/[O-])OC1CCC(C(C)(C)C)CC1. The van der Waals surface area contributed by atoms with Crippen LogP contribution in [0.25, 0.3) is 0 Å². The molecule has 0 aromatic rings. The van der Waals surface area contributed by atoms with Crippen molar-refractivity contribution in [3.8, 4) is 0 Å². The van der Waals surface area contributed by atoms with Crippen LogP contribution in [0.3, 0.4) is 0 Å². The van der Waals surface area contributed by atoms with Crippen LogP contribution in [0.1, 0.15) is 99.8 Å². The van der Waals surface area contributed by atoms with E-state index in [4.69, 9.17) is 19.0 Å². The van der Waals surface area contributed by atoms with Crippen molar-refractivity contribution in [3.05, 3.63) is 5.21 Å². The number of nitrogens with zero attached hydrogens (tertiary/aromatic N) is 1. The smallest absolute Gasteiger partial charge is 0.405 e. The van der Waals surface area contributed by atoms with Crippen LogP contribution in [0, 0.1) is 40.2 Å². The average Bonchev–Trinajstić information content (AvgIpc) is 3.13. The highest BCUT2D eigenvalue weighted by molar-refractivity contribution is 6.35. The lowest BCUT2D eigenvalue weighted by molar-refractivity contribution is -0.754. The Labute approximate surface area is 216 Å². The molecule has 0 N–H and O–H groups in total. The van der Waals surface area contributed by atoms with E-state index in [1.54, 1.807) is 6.92 Å². The summed E-state index contributed by atoms with van der Waals surface area (Å²) in [7, 11) is 0. The van der Waals surface area contributed by atoms with Gasteiger partial charge < -0.3 is 19.0 Å².